The van der Waals surface area contributed by atoms with E-state index in [1.165, 1.54) is 0 Å². The molecular formula is C5H8ClNO3. The van der Waals surface area contributed by atoms with Crippen molar-refractivity contribution in [2.24, 2.45) is 0 Å². The highest BCUT2D eigenvalue weighted by Gasteiger charge is 2.07. The van der Waals surface area contributed by atoms with E-state index >= 15 is 0 Å². The van der Waals surface area contributed by atoms with Crippen molar-refractivity contribution in [2.45, 2.75) is 13.3 Å². The number of amides is 1. The lowest BCUT2D eigenvalue weighted by atomic mass is 10.4. The van der Waals surface area contributed by atoms with E-state index < -0.39 is 11.9 Å². The predicted octanol–water partition coefficient (Wildman–Crippen LogP) is 0.210. The highest BCUT2D eigenvalue weighted by atomic mass is 35.5. The number of carbonyl (C=O) groups excluding carboxylic acids is 2. The monoisotopic (exact) mass is 165 g/mol. The fourth-order valence-corrected chi connectivity index (χ4v) is 0.443. The summed E-state index contributed by atoms with van der Waals surface area (Å²) in [5.41, 5.74) is 0. The van der Waals surface area contributed by atoms with E-state index in [0.29, 0.717) is 0 Å². The lowest BCUT2D eigenvalue weighted by Crippen LogP contribution is -2.18. The van der Waals surface area contributed by atoms with Gasteiger partial charge in [-0.1, -0.05) is 0 Å². The molecule has 0 aliphatic carbocycles. The molecule has 4 nitrogen and oxygen atoms in total. The highest BCUT2D eigenvalue weighted by molar-refractivity contribution is 6.22. The molecule has 0 aromatic carbocycles. The fourth-order valence-electron chi connectivity index (χ4n) is 0.377. The Kier molecular flexibility index (Phi) is 4.66. The maximum atomic E-state index is 10.5. The van der Waals surface area contributed by atoms with Gasteiger partial charge in [0, 0.05) is 11.8 Å². The third kappa shape index (κ3) is 4.14. The predicted molar refractivity (Wildman–Crippen MR) is 35.2 cm³/mol. The maximum Gasteiger partial charge on any atom is 0.315 e. The second-order valence-electron chi connectivity index (χ2n) is 1.50. The molecule has 0 heterocycles. The van der Waals surface area contributed by atoms with Crippen LogP contribution in [0.4, 0.5) is 0 Å². The number of hydrogen-bond acceptors (Lipinski definition) is 3. The van der Waals surface area contributed by atoms with Gasteiger partial charge < -0.3 is 4.74 Å². The molecule has 10 heavy (non-hydrogen) atoms. The van der Waals surface area contributed by atoms with E-state index in [1.807, 2.05) is 0 Å². The van der Waals surface area contributed by atoms with Crippen LogP contribution < -0.4 is 4.84 Å². The molecule has 0 fully saturated rings. The van der Waals surface area contributed by atoms with Crippen LogP contribution >= 0.6 is 11.8 Å². The first kappa shape index (κ1) is 9.23. The van der Waals surface area contributed by atoms with E-state index in [9.17, 15) is 9.59 Å². The molecule has 0 aromatic heterocycles. The quantitative estimate of drug-likeness (QED) is 0.370. The number of halogens is 1. The fraction of sp³-hybridized carbons (Fsp3) is 0.600. The molecule has 0 atom stereocenters. The summed E-state index contributed by atoms with van der Waals surface area (Å²) in [5, 5.41) is 0. The molecule has 0 bridgehead atoms. The summed E-state index contributed by atoms with van der Waals surface area (Å²) in [6, 6.07) is 0. The smallest absolute Gasteiger partial charge is 0.315 e. The standard InChI is InChI=1S/C5H8ClNO3/c1-2-10-5(9)3-4(8)7-6/h2-3H2,1H3,(H,7,8). The van der Waals surface area contributed by atoms with Crippen molar-refractivity contribution in [3.8, 4) is 0 Å². The molecule has 0 unspecified atom stereocenters. The Morgan fingerprint density at radius 3 is 2.60 bits per heavy atom. The zero-order valence-corrected chi connectivity index (χ0v) is 6.27. The summed E-state index contributed by atoms with van der Waals surface area (Å²) >= 11 is 4.89. The van der Waals surface area contributed by atoms with Crippen LogP contribution in [0.25, 0.3) is 0 Å². The third-order valence-corrected chi connectivity index (χ3v) is 0.926. The lowest BCUT2D eigenvalue weighted by Gasteiger charge is -1.97. The van der Waals surface area contributed by atoms with Gasteiger partial charge in [0.25, 0.3) is 0 Å². The van der Waals surface area contributed by atoms with Crippen LogP contribution in [-0.2, 0) is 14.3 Å². The van der Waals surface area contributed by atoms with E-state index in [0.717, 1.165) is 0 Å². The van der Waals surface area contributed by atoms with E-state index in [4.69, 9.17) is 11.8 Å². The van der Waals surface area contributed by atoms with E-state index in [-0.39, 0.29) is 13.0 Å². The number of rotatable bonds is 3. The first-order chi connectivity index (χ1) is 4.70. The van der Waals surface area contributed by atoms with Gasteiger partial charge in [-0.25, -0.2) is 0 Å². The van der Waals surface area contributed by atoms with Crippen molar-refractivity contribution in [3.63, 3.8) is 0 Å². The van der Waals surface area contributed by atoms with Crippen LogP contribution in [0.15, 0.2) is 0 Å². The van der Waals surface area contributed by atoms with Crippen molar-refractivity contribution in [1.82, 2.24) is 4.84 Å². The summed E-state index contributed by atoms with van der Waals surface area (Å²) in [6.45, 7) is 1.94. The second kappa shape index (κ2) is 5.05. The minimum absolute atomic E-state index is 0.272. The van der Waals surface area contributed by atoms with E-state index in [2.05, 4.69) is 4.74 Å². The van der Waals surface area contributed by atoms with Crippen molar-refractivity contribution in [2.75, 3.05) is 6.61 Å². The van der Waals surface area contributed by atoms with E-state index in [1.54, 1.807) is 11.8 Å². The van der Waals surface area contributed by atoms with Crippen LogP contribution in [-0.4, -0.2) is 18.5 Å². The molecule has 0 saturated heterocycles. The summed E-state index contributed by atoms with van der Waals surface area (Å²) in [4.78, 5) is 22.6. The van der Waals surface area contributed by atoms with Crippen LogP contribution in [0, 0.1) is 0 Å². The Bertz CT molecular complexity index is 137. The second-order valence-corrected chi connectivity index (χ2v) is 1.69. The van der Waals surface area contributed by atoms with Gasteiger partial charge in [-0.2, -0.15) is 0 Å². The van der Waals surface area contributed by atoms with Crippen molar-refractivity contribution in [1.29, 1.82) is 0 Å². The van der Waals surface area contributed by atoms with Gasteiger partial charge in [-0.05, 0) is 6.92 Å². The normalized spacial score (nSPS) is 8.60. The van der Waals surface area contributed by atoms with Crippen LogP contribution in [0.5, 0.6) is 0 Å². The molecule has 1 N–H and O–H groups in total. The topological polar surface area (TPSA) is 55.4 Å². The Morgan fingerprint density at radius 2 is 2.20 bits per heavy atom. The van der Waals surface area contributed by atoms with Crippen LogP contribution in [0.3, 0.4) is 0 Å². The van der Waals surface area contributed by atoms with Gasteiger partial charge in [0.05, 0.1) is 6.61 Å². The van der Waals surface area contributed by atoms with Gasteiger partial charge in [-0.3, -0.25) is 14.4 Å². The Hall–Kier alpha value is -0.770. The zero-order chi connectivity index (χ0) is 7.98. The summed E-state index contributed by atoms with van der Waals surface area (Å²) in [7, 11) is 0. The first-order valence-electron chi connectivity index (χ1n) is 2.75. The van der Waals surface area contributed by atoms with Crippen molar-refractivity contribution < 1.29 is 14.3 Å². The summed E-state index contributed by atoms with van der Waals surface area (Å²) in [6.07, 6.45) is -0.322. The summed E-state index contributed by atoms with van der Waals surface area (Å²) in [5.74, 6) is -1.12. The summed E-state index contributed by atoms with van der Waals surface area (Å²) < 4.78 is 4.46. The minimum Gasteiger partial charge on any atom is -0.466 e. The Balaban J connectivity index is 3.47. The van der Waals surface area contributed by atoms with Gasteiger partial charge in [-0.15, -0.1) is 0 Å². The van der Waals surface area contributed by atoms with Gasteiger partial charge in [0.1, 0.15) is 6.42 Å². The number of nitrogens with one attached hydrogen (secondary N) is 1. The average Bonchev–Trinajstić information content (AvgIpc) is 1.88. The number of hydrogen-bond donors (Lipinski definition) is 1. The third-order valence-electron chi connectivity index (χ3n) is 0.716. The molecule has 0 saturated carbocycles. The first-order valence-corrected chi connectivity index (χ1v) is 3.13. The van der Waals surface area contributed by atoms with Gasteiger partial charge in [0.2, 0.25) is 5.91 Å². The number of ether oxygens (including phenoxy) is 1. The molecule has 0 rings (SSSR count). The molecule has 0 aliphatic rings. The average molecular weight is 166 g/mol. The van der Waals surface area contributed by atoms with Crippen LogP contribution in [0.1, 0.15) is 13.3 Å². The maximum absolute atomic E-state index is 10.5. The van der Waals surface area contributed by atoms with Gasteiger partial charge >= 0.3 is 5.97 Å². The molecule has 0 aromatic rings. The highest BCUT2D eigenvalue weighted by Crippen LogP contribution is 1.86. The molecule has 1 amide bonds. The molecule has 0 spiro atoms. The zero-order valence-electron chi connectivity index (χ0n) is 5.52. The van der Waals surface area contributed by atoms with Crippen LogP contribution in [0.2, 0.25) is 0 Å². The lowest BCUT2D eigenvalue weighted by molar-refractivity contribution is -0.145. The molecule has 0 aliphatic heterocycles. The van der Waals surface area contributed by atoms with Gasteiger partial charge in [0.15, 0.2) is 0 Å². The molecule has 0 radical (unpaired) electrons. The molecule has 5 heteroatoms. The number of esters is 1. The van der Waals surface area contributed by atoms with Crippen molar-refractivity contribution >= 4 is 23.7 Å². The Morgan fingerprint density at radius 1 is 1.60 bits per heavy atom. The van der Waals surface area contributed by atoms with Crippen molar-refractivity contribution in [3.05, 3.63) is 0 Å². The molecule has 58 valence electrons. The Labute approximate surface area is 63.6 Å². The minimum atomic E-state index is -0.569. The SMILES string of the molecule is CCOC(=O)CC(=O)NCl. The number of carbonyl (C=O) groups is 2. The largest absolute Gasteiger partial charge is 0.466 e. The molecular weight excluding hydrogens is 158 g/mol.